The van der Waals surface area contributed by atoms with Gasteiger partial charge in [-0.15, -0.1) is 11.8 Å². The first-order valence-corrected chi connectivity index (χ1v) is 15.0. The van der Waals surface area contributed by atoms with E-state index in [0.717, 1.165) is 16.6 Å². The largest absolute Gasteiger partial charge is 0.293 e. The van der Waals surface area contributed by atoms with Gasteiger partial charge in [-0.2, -0.15) is 11.8 Å². The minimum absolute atomic E-state index is 0.270. The summed E-state index contributed by atoms with van der Waals surface area (Å²) in [7, 11) is 0. The van der Waals surface area contributed by atoms with Gasteiger partial charge in [-0.25, -0.2) is 0 Å². The number of allylic oxidation sites excluding steroid dienone is 4. The van der Waals surface area contributed by atoms with E-state index in [1.165, 1.54) is 53.7 Å². The van der Waals surface area contributed by atoms with E-state index in [2.05, 4.69) is 76.7 Å². The molecule has 3 fully saturated rings. The van der Waals surface area contributed by atoms with Crippen molar-refractivity contribution in [3.05, 3.63) is 57.5 Å². The van der Waals surface area contributed by atoms with Crippen molar-refractivity contribution in [2.75, 3.05) is 5.75 Å². The van der Waals surface area contributed by atoms with E-state index in [4.69, 9.17) is 0 Å². The van der Waals surface area contributed by atoms with Crippen LogP contribution in [0.3, 0.4) is 0 Å². The fraction of sp³-hybridized carbons (Fsp3) is 0.633. The maximum Gasteiger partial charge on any atom is 0.173 e. The van der Waals surface area contributed by atoms with Crippen molar-refractivity contribution in [3.63, 3.8) is 0 Å². The highest BCUT2D eigenvalue weighted by molar-refractivity contribution is 8.04. The lowest BCUT2D eigenvalue weighted by Crippen LogP contribution is -2.40. The number of hydrogen-bond donors (Lipinski definition) is 0. The summed E-state index contributed by atoms with van der Waals surface area (Å²) in [6, 6.07) is 4.67. The summed E-state index contributed by atoms with van der Waals surface area (Å²) in [4.78, 5) is 14.5. The molecule has 7 atom stereocenters. The average Bonchev–Trinajstić information content (AvgIpc) is 3.52. The number of ketones is 1. The Bertz CT molecular complexity index is 1040. The molecule has 3 saturated carbocycles. The van der Waals surface area contributed by atoms with E-state index in [0.29, 0.717) is 39.6 Å². The van der Waals surface area contributed by atoms with Crippen molar-refractivity contribution in [1.29, 1.82) is 0 Å². The number of benzene rings is 1. The van der Waals surface area contributed by atoms with Gasteiger partial charge in [-0.3, -0.25) is 4.79 Å². The maximum absolute atomic E-state index is 13.4. The molecule has 0 saturated heterocycles. The number of Topliss-reactive ketones (excluding diaryl/α,β-unsaturated/α-hetero) is 1. The molecule has 1 nitrogen and oxygen atoms in total. The molecule has 5 aliphatic carbocycles. The molecule has 0 aromatic heterocycles. The highest BCUT2D eigenvalue weighted by Crippen LogP contribution is 2.70. The van der Waals surface area contributed by atoms with Crippen LogP contribution in [0, 0.1) is 61.2 Å². The van der Waals surface area contributed by atoms with Crippen molar-refractivity contribution < 1.29 is 4.79 Å². The van der Waals surface area contributed by atoms with Crippen LogP contribution in [-0.2, 0) is 10.5 Å². The number of thioether (sulfide) groups is 2. The van der Waals surface area contributed by atoms with Gasteiger partial charge >= 0.3 is 0 Å². The SMILES string of the molecule is Cc1cc(C)c(CSC[C@]23CC[C@H](C[C@H]2SC2=C[C@@H]4[C@H](C2=O)[C@@H]2C=C[C@H]4C2)C3(C)C)c(C)c1. The standard InChI is InChI=1S/C30H38OS2/c1-17-10-18(2)24(19(3)11-17)15-32-16-30-9-8-22(29(30,4)5)13-26(30)33-25-14-23-20-6-7-21(12-20)27(23)28(25)31/h6-7,10-11,14,20-23,26-27H,8-9,12-13,15-16H2,1-5H3/t20-,21+,22+,23-,26+,27+,30+/m0/s1. The molecular formula is C30H38OS2. The smallest absolute Gasteiger partial charge is 0.173 e. The Morgan fingerprint density at radius 2 is 1.76 bits per heavy atom. The van der Waals surface area contributed by atoms with Crippen LogP contribution in [0.25, 0.3) is 0 Å². The molecule has 1 aromatic carbocycles. The summed E-state index contributed by atoms with van der Waals surface area (Å²) in [5.41, 5.74) is 6.49. The average molecular weight is 479 g/mol. The zero-order chi connectivity index (χ0) is 23.1. The number of rotatable bonds is 6. The monoisotopic (exact) mass is 478 g/mol. The Balaban J connectivity index is 1.20. The maximum atomic E-state index is 13.4. The fourth-order valence-electron chi connectivity index (χ4n) is 8.41. The van der Waals surface area contributed by atoms with Crippen LogP contribution in [0.2, 0.25) is 0 Å². The van der Waals surface area contributed by atoms with E-state index in [1.54, 1.807) is 0 Å². The van der Waals surface area contributed by atoms with Crippen molar-refractivity contribution >= 4 is 29.3 Å². The van der Waals surface area contributed by atoms with Gasteiger partial charge in [-0.1, -0.05) is 49.8 Å². The fourth-order valence-corrected chi connectivity index (χ4v) is 12.2. The van der Waals surface area contributed by atoms with E-state index in [1.807, 2.05) is 11.8 Å². The molecule has 0 radical (unpaired) electrons. The zero-order valence-corrected chi connectivity index (χ0v) is 22.5. The predicted molar refractivity (Wildman–Crippen MR) is 143 cm³/mol. The number of hydrogen-bond acceptors (Lipinski definition) is 3. The summed E-state index contributed by atoms with van der Waals surface area (Å²) in [5, 5.41) is 0.596. The third-order valence-corrected chi connectivity index (χ3v) is 13.2. The molecule has 5 aliphatic rings. The van der Waals surface area contributed by atoms with Gasteiger partial charge in [0.1, 0.15) is 0 Å². The third kappa shape index (κ3) is 3.24. The molecule has 0 heterocycles. The second-order valence-corrected chi connectivity index (χ2v) is 14.5. The second kappa shape index (κ2) is 7.79. The lowest BCUT2D eigenvalue weighted by molar-refractivity contribution is -0.119. The lowest BCUT2D eigenvalue weighted by atomic mass is 9.70. The summed E-state index contributed by atoms with van der Waals surface area (Å²) in [6.07, 6.45) is 12.3. The minimum atomic E-state index is 0.270. The van der Waals surface area contributed by atoms with Crippen LogP contribution in [-0.4, -0.2) is 16.8 Å². The van der Waals surface area contributed by atoms with Gasteiger partial charge in [-0.05, 0) is 97.6 Å². The van der Waals surface area contributed by atoms with Gasteiger partial charge in [0.2, 0.25) is 0 Å². The first-order chi connectivity index (χ1) is 15.7. The predicted octanol–water partition coefficient (Wildman–Crippen LogP) is 7.68. The summed E-state index contributed by atoms with van der Waals surface area (Å²) in [6.45, 7) is 11.8. The zero-order valence-electron chi connectivity index (χ0n) is 20.8. The van der Waals surface area contributed by atoms with Crippen LogP contribution in [0.1, 0.15) is 61.8 Å². The number of carbonyl (C=O) groups excluding carboxylic acids is 1. The third-order valence-electron chi connectivity index (χ3n) is 10.5. The number of aryl methyl sites for hydroxylation is 3. The van der Waals surface area contributed by atoms with E-state index >= 15 is 0 Å². The second-order valence-electron chi connectivity index (χ2n) is 12.3. The molecule has 33 heavy (non-hydrogen) atoms. The van der Waals surface area contributed by atoms with Crippen LogP contribution in [0.15, 0.2) is 35.3 Å². The van der Waals surface area contributed by atoms with Crippen LogP contribution in [0.4, 0.5) is 0 Å². The summed E-state index contributed by atoms with van der Waals surface area (Å²) >= 11 is 4.15. The Morgan fingerprint density at radius 3 is 2.45 bits per heavy atom. The molecule has 0 spiro atoms. The van der Waals surface area contributed by atoms with Gasteiger partial charge < -0.3 is 0 Å². The molecule has 0 unspecified atom stereocenters. The first-order valence-electron chi connectivity index (χ1n) is 13.0. The highest BCUT2D eigenvalue weighted by atomic mass is 32.2. The molecule has 4 bridgehead atoms. The quantitative estimate of drug-likeness (QED) is 0.390. The van der Waals surface area contributed by atoms with Crippen molar-refractivity contribution in [2.24, 2.45) is 40.4 Å². The molecule has 0 amide bonds. The highest BCUT2D eigenvalue weighted by Gasteiger charge is 2.64. The Morgan fingerprint density at radius 1 is 1.03 bits per heavy atom. The summed E-state index contributed by atoms with van der Waals surface area (Å²) < 4.78 is 0. The van der Waals surface area contributed by atoms with Crippen LogP contribution in [0.5, 0.6) is 0 Å². The molecule has 0 aliphatic heterocycles. The molecule has 3 heteroatoms. The Hall–Kier alpha value is -0.930. The molecule has 1 aromatic rings. The summed E-state index contributed by atoms with van der Waals surface area (Å²) in [5.74, 6) is 5.55. The van der Waals surface area contributed by atoms with Crippen molar-refractivity contribution in [2.45, 2.75) is 71.3 Å². The Labute approximate surface area is 208 Å². The van der Waals surface area contributed by atoms with Gasteiger partial charge in [0, 0.05) is 27.6 Å². The normalized spacial score (nSPS) is 39.5. The van der Waals surface area contributed by atoms with E-state index < -0.39 is 0 Å². The van der Waals surface area contributed by atoms with Crippen molar-refractivity contribution in [1.82, 2.24) is 0 Å². The van der Waals surface area contributed by atoms with Crippen molar-refractivity contribution in [3.8, 4) is 0 Å². The number of carbonyl (C=O) groups is 1. The van der Waals surface area contributed by atoms with E-state index in [-0.39, 0.29) is 5.92 Å². The van der Waals surface area contributed by atoms with E-state index in [9.17, 15) is 4.79 Å². The number of fused-ring (bicyclic) bond motifs is 7. The van der Waals surface area contributed by atoms with Crippen LogP contribution < -0.4 is 0 Å². The molecular weight excluding hydrogens is 440 g/mol. The van der Waals surface area contributed by atoms with Gasteiger partial charge in [0.25, 0.3) is 0 Å². The molecule has 0 N–H and O–H groups in total. The Kier molecular flexibility index (Phi) is 5.32. The van der Waals surface area contributed by atoms with Crippen LogP contribution >= 0.6 is 23.5 Å². The molecule has 6 rings (SSSR count). The first kappa shape index (κ1) is 22.5. The minimum Gasteiger partial charge on any atom is -0.293 e. The molecule has 176 valence electrons. The van der Waals surface area contributed by atoms with Gasteiger partial charge in [0.05, 0.1) is 0 Å². The lowest BCUT2D eigenvalue weighted by Gasteiger charge is -2.42. The topological polar surface area (TPSA) is 17.1 Å². The van der Waals surface area contributed by atoms with Gasteiger partial charge in [0.15, 0.2) is 5.78 Å².